The second kappa shape index (κ2) is 5.88. The van der Waals surface area contributed by atoms with E-state index in [4.69, 9.17) is 10.8 Å². The summed E-state index contributed by atoms with van der Waals surface area (Å²) in [5.41, 5.74) is 6.22. The lowest BCUT2D eigenvalue weighted by Crippen LogP contribution is -2.20. The minimum Gasteiger partial charge on any atom is -0.406 e. The topological polar surface area (TPSA) is 55.5 Å². The SMILES string of the molecule is NC[C@@H](CO)Cc1ccc(OC(F)(F)F)cc1. The van der Waals surface area contributed by atoms with Gasteiger partial charge in [0, 0.05) is 6.61 Å². The molecule has 0 bridgehead atoms. The number of hydrogen-bond donors (Lipinski definition) is 2. The number of aliphatic hydroxyl groups excluding tert-OH is 1. The maximum absolute atomic E-state index is 11.9. The van der Waals surface area contributed by atoms with Crippen LogP contribution in [0.15, 0.2) is 24.3 Å². The third kappa shape index (κ3) is 5.06. The van der Waals surface area contributed by atoms with Gasteiger partial charge >= 0.3 is 6.36 Å². The molecule has 6 heteroatoms. The predicted octanol–water partition coefficient (Wildman–Crippen LogP) is 1.69. The van der Waals surface area contributed by atoms with Gasteiger partial charge in [0.2, 0.25) is 0 Å². The van der Waals surface area contributed by atoms with E-state index in [-0.39, 0.29) is 18.3 Å². The molecule has 17 heavy (non-hydrogen) atoms. The van der Waals surface area contributed by atoms with Gasteiger partial charge < -0.3 is 15.6 Å². The van der Waals surface area contributed by atoms with E-state index in [1.807, 2.05) is 0 Å². The highest BCUT2D eigenvalue weighted by Crippen LogP contribution is 2.23. The number of benzene rings is 1. The number of nitrogens with two attached hydrogens (primary N) is 1. The Morgan fingerprint density at radius 2 is 1.82 bits per heavy atom. The third-order valence-corrected chi connectivity index (χ3v) is 2.27. The first-order chi connectivity index (χ1) is 7.94. The number of rotatable bonds is 5. The Hall–Kier alpha value is -1.27. The van der Waals surface area contributed by atoms with Crippen LogP contribution in [-0.2, 0) is 6.42 Å². The summed E-state index contributed by atoms with van der Waals surface area (Å²) in [6.07, 6.45) is -4.15. The second-order valence-corrected chi connectivity index (χ2v) is 3.68. The van der Waals surface area contributed by atoms with E-state index in [1.165, 1.54) is 24.3 Å². The van der Waals surface area contributed by atoms with Crippen molar-refractivity contribution in [3.63, 3.8) is 0 Å². The summed E-state index contributed by atoms with van der Waals surface area (Å²) >= 11 is 0. The zero-order chi connectivity index (χ0) is 12.9. The predicted molar refractivity (Wildman–Crippen MR) is 56.5 cm³/mol. The Morgan fingerprint density at radius 3 is 2.24 bits per heavy atom. The van der Waals surface area contributed by atoms with Gasteiger partial charge in [0.15, 0.2) is 0 Å². The van der Waals surface area contributed by atoms with Gasteiger partial charge in [-0.3, -0.25) is 0 Å². The Balaban J connectivity index is 2.62. The van der Waals surface area contributed by atoms with Crippen molar-refractivity contribution in [2.45, 2.75) is 12.8 Å². The minimum absolute atomic E-state index is 0.0443. The van der Waals surface area contributed by atoms with Crippen LogP contribution in [0, 0.1) is 5.92 Å². The van der Waals surface area contributed by atoms with Crippen molar-refractivity contribution >= 4 is 0 Å². The molecule has 0 aliphatic heterocycles. The standard InChI is InChI=1S/C11H14F3NO2/c12-11(13,14)17-10-3-1-8(2-4-10)5-9(6-15)7-16/h1-4,9,16H,5-7,15H2/t9-/m0/s1. The van der Waals surface area contributed by atoms with Gasteiger partial charge in [0.05, 0.1) is 0 Å². The van der Waals surface area contributed by atoms with Crippen LogP contribution in [0.4, 0.5) is 13.2 Å². The molecule has 3 N–H and O–H groups in total. The average Bonchev–Trinajstić information content (AvgIpc) is 2.26. The largest absolute Gasteiger partial charge is 0.573 e. The molecule has 0 radical (unpaired) electrons. The fourth-order valence-corrected chi connectivity index (χ4v) is 1.38. The molecule has 1 atom stereocenters. The van der Waals surface area contributed by atoms with Crippen molar-refractivity contribution in [3.05, 3.63) is 29.8 Å². The van der Waals surface area contributed by atoms with Crippen LogP contribution < -0.4 is 10.5 Å². The molecule has 0 heterocycles. The quantitative estimate of drug-likeness (QED) is 0.835. The Labute approximate surface area is 97.0 Å². The maximum atomic E-state index is 11.9. The summed E-state index contributed by atoms with van der Waals surface area (Å²) in [7, 11) is 0. The normalized spacial score (nSPS) is 13.5. The number of aliphatic hydroxyl groups is 1. The number of halogens is 3. The smallest absolute Gasteiger partial charge is 0.406 e. The summed E-state index contributed by atoms with van der Waals surface area (Å²) in [6, 6.07) is 5.54. The van der Waals surface area contributed by atoms with E-state index in [2.05, 4.69) is 4.74 Å². The molecule has 3 nitrogen and oxygen atoms in total. The number of alkyl halides is 3. The molecule has 0 saturated heterocycles. The van der Waals surface area contributed by atoms with Crippen molar-refractivity contribution in [1.82, 2.24) is 0 Å². The molecule has 0 amide bonds. The average molecular weight is 249 g/mol. The Bertz CT molecular complexity index is 334. The van der Waals surface area contributed by atoms with Crippen molar-refractivity contribution in [2.24, 2.45) is 11.7 Å². The second-order valence-electron chi connectivity index (χ2n) is 3.68. The third-order valence-electron chi connectivity index (χ3n) is 2.27. The van der Waals surface area contributed by atoms with Gasteiger partial charge in [-0.25, -0.2) is 0 Å². The summed E-state index contributed by atoms with van der Waals surface area (Å²) in [6.45, 7) is 0.286. The van der Waals surface area contributed by atoms with E-state index in [9.17, 15) is 13.2 Å². The van der Waals surface area contributed by atoms with E-state index >= 15 is 0 Å². The first kappa shape index (κ1) is 13.8. The monoisotopic (exact) mass is 249 g/mol. The zero-order valence-electron chi connectivity index (χ0n) is 9.07. The van der Waals surface area contributed by atoms with Gasteiger partial charge in [0.1, 0.15) is 5.75 Å². The first-order valence-electron chi connectivity index (χ1n) is 5.10. The highest BCUT2D eigenvalue weighted by molar-refractivity contribution is 5.27. The molecule has 0 aliphatic carbocycles. The molecule has 1 rings (SSSR count). The van der Waals surface area contributed by atoms with E-state index < -0.39 is 6.36 Å². The van der Waals surface area contributed by atoms with E-state index in [1.54, 1.807) is 0 Å². The highest BCUT2D eigenvalue weighted by atomic mass is 19.4. The molecule has 0 fully saturated rings. The highest BCUT2D eigenvalue weighted by Gasteiger charge is 2.30. The van der Waals surface area contributed by atoms with Crippen molar-refractivity contribution in [2.75, 3.05) is 13.2 Å². The lowest BCUT2D eigenvalue weighted by Gasteiger charge is -2.12. The summed E-state index contributed by atoms with van der Waals surface area (Å²) < 4.78 is 39.4. The molecule has 0 aromatic heterocycles. The molecule has 0 unspecified atom stereocenters. The van der Waals surface area contributed by atoms with Crippen LogP contribution in [0.2, 0.25) is 0 Å². The minimum atomic E-state index is -4.67. The van der Waals surface area contributed by atoms with Crippen molar-refractivity contribution < 1.29 is 23.0 Å². The van der Waals surface area contributed by atoms with Gasteiger partial charge in [-0.15, -0.1) is 13.2 Å². The lowest BCUT2D eigenvalue weighted by atomic mass is 10.0. The molecule has 0 aliphatic rings. The first-order valence-corrected chi connectivity index (χ1v) is 5.10. The lowest BCUT2D eigenvalue weighted by molar-refractivity contribution is -0.274. The van der Waals surface area contributed by atoms with Gasteiger partial charge in [-0.05, 0) is 36.6 Å². The van der Waals surface area contributed by atoms with Crippen molar-refractivity contribution in [1.29, 1.82) is 0 Å². The number of hydrogen-bond acceptors (Lipinski definition) is 3. The maximum Gasteiger partial charge on any atom is 0.573 e. The van der Waals surface area contributed by atoms with Crippen molar-refractivity contribution in [3.8, 4) is 5.75 Å². The van der Waals surface area contributed by atoms with Crippen LogP contribution in [0.5, 0.6) is 5.75 Å². The summed E-state index contributed by atoms with van der Waals surface area (Å²) in [5.74, 6) is -0.334. The Kier molecular flexibility index (Phi) is 4.77. The molecule has 0 spiro atoms. The van der Waals surface area contributed by atoms with Crippen LogP contribution in [-0.4, -0.2) is 24.6 Å². The van der Waals surface area contributed by atoms with E-state index in [0.29, 0.717) is 13.0 Å². The van der Waals surface area contributed by atoms with Gasteiger partial charge in [-0.2, -0.15) is 0 Å². The molecule has 96 valence electrons. The van der Waals surface area contributed by atoms with Crippen LogP contribution in [0.3, 0.4) is 0 Å². The summed E-state index contributed by atoms with van der Waals surface area (Å²) in [4.78, 5) is 0. The molecule has 1 aromatic rings. The fourth-order valence-electron chi connectivity index (χ4n) is 1.38. The molecule has 1 aromatic carbocycles. The van der Waals surface area contributed by atoms with Crippen LogP contribution in [0.25, 0.3) is 0 Å². The summed E-state index contributed by atoms with van der Waals surface area (Å²) in [5, 5.41) is 8.94. The molecular weight excluding hydrogens is 235 g/mol. The molecule has 0 saturated carbocycles. The van der Waals surface area contributed by atoms with Crippen LogP contribution in [0.1, 0.15) is 5.56 Å². The van der Waals surface area contributed by atoms with E-state index in [0.717, 1.165) is 5.56 Å². The fraction of sp³-hybridized carbons (Fsp3) is 0.455. The zero-order valence-corrected chi connectivity index (χ0v) is 9.07. The van der Waals surface area contributed by atoms with Gasteiger partial charge in [0.25, 0.3) is 0 Å². The van der Waals surface area contributed by atoms with Crippen LogP contribution >= 0.6 is 0 Å². The molecular formula is C11H14F3NO2. The number of ether oxygens (including phenoxy) is 1. The van der Waals surface area contributed by atoms with Gasteiger partial charge in [-0.1, -0.05) is 12.1 Å². The Morgan fingerprint density at radius 1 is 1.24 bits per heavy atom.